The van der Waals surface area contributed by atoms with Gasteiger partial charge in [-0.05, 0) is 37.8 Å². The van der Waals surface area contributed by atoms with Gasteiger partial charge in [0.15, 0.2) is 5.76 Å². The fourth-order valence-electron chi connectivity index (χ4n) is 3.90. The summed E-state index contributed by atoms with van der Waals surface area (Å²) in [7, 11) is 0. The number of hydrogen-bond acceptors (Lipinski definition) is 5. The van der Waals surface area contributed by atoms with E-state index < -0.39 is 0 Å². The van der Waals surface area contributed by atoms with Crippen molar-refractivity contribution in [3.8, 4) is 11.3 Å². The van der Waals surface area contributed by atoms with Crippen LogP contribution in [0.4, 0.5) is 5.88 Å². The normalized spacial score (nSPS) is 16.5. The maximum atomic E-state index is 13.1. The minimum Gasteiger partial charge on any atom is -0.459 e. The lowest BCUT2D eigenvalue weighted by Gasteiger charge is -2.23. The molecule has 1 amide bonds. The van der Waals surface area contributed by atoms with Crippen LogP contribution in [0, 0.1) is 0 Å². The van der Waals surface area contributed by atoms with Crippen molar-refractivity contribution >= 4 is 11.8 Å². The summed E-state index contributed by atoms with van der Waals surface area (Å²) >= 11 is 0. The van der Waals surface area contributed by atoms with E-state index in [0.29, 0.717) is 12.3 Å². The smallest absolute Gasteiger partial charge is 0.290 e. The fourth-order valence-corrected chi connectivity index (χ4v) is 3.90. The topological polar surface area (TPSA) is 62.7 Å². The van der Waals surface area contributed by atoms with Crippen LogP contribution in [-0.2, 0) is 6.54 Å². The van der Waals surface area contributed by atoms with Crippen LogP contribution >= 0.6 is 0 Å². The molecule has 3 heterocycles. The van der Waals surface area contributed by atoms with E-state index in [0.717, 1.165) is 61.5 Å². The molecule has 6 nitrogen and oxygen atoms in total. The molecule has 0 unspecified atom stereocenters. The van der Waals surface area contributed by atoms with Crippen LogP contribution in [0.2, 0.25) is 0 Å². The van der Waals surface area contributed by atoms with Crippen molar-refractivity contribution in [3.63, 3.8) is 0 Å². The summed E-state index contributed by atoms with van der Waals surface area (Å²) in [5.41, 5.74) is 2.81. The van der Waals surface area contributed by atoms with Gasteiger partial charge in [-0.3, -0.25) is 4.79 Å². The Kier molecular flexibility index (Phi) is 4.39. The monoisotopic (exact) mass is 377 g/mol. The maximum Gasteiger partial charge on any atom is 0.290 e. The summed E-state index contributed by atoms with van der Waals surface area (Å²) < 4.78 is 11.2. The highest BCUT2D eigenvalue weighted by molar-refractivity contribution is 5.92. The molecular weight excluding hydrogens is 354 g/mol. The minimum absolute atomic E-state index is 0.0694. The number of benzene rings is 1. The van der Waals surface area contributed by atoms with E-state index in [1.165, 1.54) is 0 Å². The number of amides is 1. The molecule has 0 N–H and O–H groups in total. The zero-order valence-electron chi connectivity index (χ0n) is 15.7. The van der Waals surface area contributed by atoms with Crippen LogP contribution in [0.5, 0.6) is 0 Å². The molecular formula is C22H23N3O3. The second-order valence-electron chi connectivity index (χ2n) is 7.52. The van der Waals surface area contributed by atoms with Gasteiger partial charge in [0, 0.05) is 24.7 Å². The van der Waals surface area contributed by atoms with Crippen LogP contribution in [-0.4, -0.2) is 35.1 Å². The number of furan rings is 1. The molecule has 2 aromatic heterocycles. The van der Waals surface area contributed by atoms with Crippen LogP contribution in [0.3, 0.4) is 0 Å². The molecule has 0 radical (unpaired) electrons. The Morgan fingerprint density at radius 3 is 2.57 bits per heavy atom. The largest absolute Gasteiger partial charge is 0.459 e. The van der Waals surface area contributed by atoms with Crippen molar-refractivity contribution in [3.05, 3.63) is 60.1 Å². The second-order valence-corrected chi connectivity index (χ2v) is 7.52. The summed E-state index contributed by atoms with van der Waals surface area (Å²) in [4.78, 5) is 17.2. The van der Waals surface area contributed by atoms with E-state index in [-0.39, 0.29) is 11.9 Å². The highest BCUT2D eigenvalue weighted by Crippen LogP contribution is 2.37. The van der Waals surface area contributed by atoms with Crippen molar-refractivity contribution < 1.29 is 13.7 Å². The molecule has 28 heavy (non-hydrogen) atoms. The number of hydrogen-bond donors (Lipinski definition) is 0. The summed E-state index contributed by atoms with van der Waals surface area (Å²) in [5.74, 6) is 1.11. The first-order valence-electron chi connectivity index (χ1n) is 9.94. The number of aromatic nitrogens is 1. The molecule has 3 aromatic rings. The Labute approximate surface area is 163 Å². The maximum absolute atomic E-state index is 13.1. The highest BCUT2D eigenvalue weighted by atomic mass is 16.5. The van der Waals surface area contributed by atoms with E-state index in [1.54, 1.807) is 18.4 Å². The van der Waals surface area contributed by atoms with Gasteiger partial charge in [0.05, 0.1) is 18.4 Å². The third-order valence-electron chi connectivity index (χ3n) is 5.52. The van der Waals surface area contributed by atoms with Gasteiger partial charge in [-0.2, -0.15) is 0 Å². The SMILES string of the molecule is O=C(c1ccco1)N(Cc1c(-c2ccccc2)noc1N1CCCC1)C1CC1. The van der Waals surface area contributed by atoms with Gasteiger partial charge in [0.25, 0.3) is 5.91 Å². The second kappa shape index (κ2) is 7.19. The molecule has 2 fully saturated rings. The third kappa shape index (κ3) is 3.19. The molecule has 1 aliphatic carbocycles. The van der Waals surface area contributed by atoms with Gasteiger partial charge < -0.3 is 18.7 Å². The quantitative estimate of drug-likeness (QED) is 0.639. The molecule has 1 aromatic carbocycles. The van der Waals surface area contributed by atoms with Gasteiger partial charge in [-0.1, -0.05) is 35.5 Å². The first kappa shape index (κ1) is 17.1. The predicted octanol–water partition coefficient (Wildman–Crippen LogP) is 4.34. The van der Waals surface area contributed by atoms with Gasteiger partial charge in [0.2, 0.25) is 5.88 Å². The standard InChI is InChI=1S/C22H23N3O3/c26-21(19-9-6-14-27-19)25(17-10-11-17)15-18-20(16-7-2-1-3-8-16)23-28-22(18)24-12-4-5-13-24/h1-3,6-9,14,17H,4-5,10-13,15H2. The summed E-state index contributed by atoms with van der Waals surface area (Å²) in [6.07, 6.45) is 5.90. The average Bonchev–Trinajstić information content (AvgIpc) is 3.15. The Morgan fingerprint density at radius 1 is 1.11 bits per heavy atom. The van der Waals surface area contributed by atoms with Crippen LogP contribution in [0.1, 0.15) is 41.8 Å². The van der Waals surface area contributed by atoms with Gasteiger partial charge >= 0.3 is 0 Å². The van der Waals surface area contributed by atoms with E-state index in [1.807, 2.05) is 35.2 Å². The summed E-state index contributed by atoms with van der Waals surface area (Å²) in [5, 5.41) is 4.41. The molecule has 6 heteroatoms. The van der Waals surface area contributed by atoms with E-state index in [2.05, 4.69) is 10.1 Å². The lowest BCUT2D eigenvalue weighted by Crippen LogP contribution is -2.33. The van der Waals surface area contributed by atoms with Gasteiger partial charge in [-0.15, -0.1) is 0 Å². The minimum atomic E-state index is -0.0694. The van der Waals surface area contributed by atoms with E-state index in [4.69, 9.17) is 8.94 Å². The first-order chi connectivity index (χ1) is 13.8. The first-order valence-corrected chi connectivity index (χ1v) is 9.94. The number of carbonyl (C=O) groups is 1. The zero-order chi connectivity index (χ0) is 18.9. The summed E-state index contributed by atoms with van der Waals surface area (Å²) in [6, 6.07) is 13.8. The zero-order valence-corrected chi connectivity index (χ0v) is 15.7. The molecule has 0 atom stereocenters. The molecule has 2 aliphatic rings. The summed E-state index contributed by atoms with van der Waals surface area (Å²) in [6.45, 7) is 2.40. The Hall–Kier alpha value is -3.02. The van der Waals surface area contributed by atoms with Crippen molar-refractivity contribution in [1.29, 1.82) is 0 Å². The molecule has 144 valence electrons. The van der Waals surface area contributed by atoms with Gasteiger partial charge in [-0.25, -0.2) is 0 Å². The number of rotatable bonds is 6. The number of nitrogens with zero attached hydrogens (tertiary/aromatic N) is 3. The lowest BCUT2D eigenvalue weighted by molar-refractivity contribution is 0.0698. The fraction of sp³-hybridized carbons (Fsp3) is 0.364. The van der Waals surface area contributed by atoms with Crippen LogP contribution in [0.25, 0.3) is 11.3 Å². The molecule has 0 spiro atoms. The van der Waals surface area contributed by atoms with Crippen molar-refractivity contribution in [2.24, 2.45) is 0 Å². The van der Waals surface area contributed by atoms with Crippen LogP contribution < -0.4 is 4.90 Å². The third-order valence-corrected chi connectivity index (χ3v) is 5.52. The van der Waals surface area contributed by atoms with Crippen molar-refractivity contribution in [1.82, 2.24) is 10.1 Å². The number of carbonyl (C=O) groups excluding carboxylic acids is 1. The molecule has 0 bridgehead atoms. The Balaban J connectivity index is 1.53. The van der Waals surface area contributed by atoms with Crippen LogP contribution in [0.15, 0.2) is 57.7 Å². The van der Waals surface area contributed by atoms with Crippen molar-refractivity contribution in [2.45, 2.75) is 38.3 Å². The Bertz CT molecular complexity index is 939. The Morgan fingerprint density at radius 2 is 1.89 bits per heavy atom. The highest BCUT2D eigenvalue weighted by Gasteiger charge is 2.36. The molecule has 1 saturated heterocycles. The van der Waals surface area contributed by atoms with E-state index in [9.17, 15) is 4.79 Å². The molecule has 1 saturated carbocycles. The molecule has 5 rings (SSSR count). The van der Waals surface area contributed by atoms with E-state index >= 15 is 0 Å². The predicted molar refractivity (Wildman–Crippen MR) is 105 cm³/mol. The van der Waals surface area contributed by atoms with Gasteiger partial charge in [0.1, 0.15) is 5.69 Å². The molecule has 1 aliphatic heterocycles. The number of anilines is 1. The average molecular weight is 377 g/mol. The van der Waals surface area contributed by atoms with Crippen molar-refractivity contribution in [2.75, 3.05) is 18.0 Å². The lowest BCUT2D eigenvalue weighted by atomic mass is 10.1.